The number of hydrogen-bond donors (Lipinski definition) is 0. The van der Waals surface area contributed by atoms with Crippen molar-refractivity contribution in [3.63, 3.8) is 0 Å². The first-order chi connectivity index (χ1) is 10.6. The number of nitrogens with zero attached hydrogens (tertiary/aromatic N) is 3. The van der Waals surface area contributed by atoms with Crippen molar-refractivity contribution in [1.82, 2.24) is 14.8 Å². The molecule has 1 aromatic heterocycles. The van der Waals surface area contributed by atoms with Gasteiger partial charge in [-0.1, -0.05) is 23.7 Å². The Balaban J connectivity index is 0.00000192. The Bertz CT molecular complexity index is 652. The van der Waals surface area contributed by atoms with Crippen LogP contribution in [-0.4, -0.2) is 46.9 Å². The number of thiazole rings is 1. The molecule has 1 fully saturated rings. The zero-order chi connectivity index (χ0) is 15.5. The summed E-state index contributed by atoms with van der Waals surface area (Å²) in [6.07, 6.45) is 0. The fourth-order valence-corrected chi connectivity index (χ4v) is 3.52. The highest BCUT2D eigenvalue weighted by atomic mass is 35.5. The molecule has 7 heteroatoms. The maximum atomic E-state index is 11.3. The van der Waals surface area contributed by atoms with E-state index in [1.165, 1.54) is 0 Å². The first kappa shape index (κ1) is 18.2. The molecule has 4 nitrogen and oxygen atoms in total. The zero-order valence-corrected chi connectivity index (χ0v) is 15.3. The molecule has 1 saturated heterocycles. The Labute approximate surface area is 151 Å². The van der Waals surface area contributed by atoms with Gasteiger partial charge in [-0.25, -0.2) is 4.98 Å². The third kappa shape index (κ3) is 4.67. The number of hydrogen-bond acceptors (Lipinski definition) is 4. The van der Waals surface area contributed by atoms with Crippen molar-refractivity contribution in [3.8, 4) is 11.3 Å². The molecule has 0 aliphatic carbocycles. The topological polar surface area (TPSA) is 36.4 Å². The van der Waals surface area contributed by atoms with Crippen LogP contribution in [0.25, 0.3) is 11.3 Å². The Hall–Kier alpha value is -1.14. The third-order valence-corrected chi connectivity index (χ3v) is 4.95. The van der Waals surface area contributed by atoms with Crippen molar-refractivity contribution in [2.45, 2.75) is 13.5 Å². The maximum absolute atomic E-state index is 11.3. The lowest BCUT2D eigenvalue weighted by atomic mass is 10.2. The van der Waals surface area contributed by atoms with Crippen LogP contribution in [0, 0.1) is 0 Å². The van der Waals surface area contributed by atoms with E-state index in [9.17, 15) is 4.79 Å². The van der Waals surface area contributed by atoms with E-state index in [2.05, 4.69) is 10.3 Å². The van der Waals surface area contributed by atoms with Gasteiger partial charge in [0.1, 0.15) is 5.01 Å². The van der Waals surface area contributed by atoms with E-state index in [4.69, 9.17) is 16.6 Å². The molecule has 23 heavy (non-hydrogen) atoms. The molecule has 0 radical (unpaired) electrons. The van der Waals surface area contributed by atoms with Crippen LogP contribution in [0.15, 0.2) is 29.6 Å². The number of benzene rings is 1. The molecule has 3 rings (SSSR count). The van der Waals surface area contributed by atoms with E-state index >= 15 is 0 Å². The molecule has 2 aromatic rings. The van der Waals surface area contributed by atoms with Gasteiger partial charge in [0, 0.05) is 49.1 Å². The maximum Gasteiger partial charge on any atom is 0.219 e. The summed E-state index contributed by atoms with van der Waals surface area (Å²) in [6, 6.07) is 7.76. The average Bonchev–Trinajstić information content (AvgIpc) is 2.97. The van der Waals surface area contributed by atoms with Gasteiger partial charge < -0.3 is 4.90 Å². The summed E-state index contributed by atoms with van der Waals surface area (Å²) in [7, 11) is 0. The van der Waals surface area contributed by atoms with Crippen LogP contribution < -0.4 is 0 Å². The fraction of sp³-hybridized carbons (Fsp3) is 0.375. The largest absolute Gasteiger partial charge is 0.340 e. The highest BCUT2D eigenvalue weighted by Gasteiger charge is 2.19. The minimum absolute atomic E-state index is 0. The summed E-state index contributed by atoms with van der Waals surface area (Å²) in [6.45, 7) is 5.93. The van der Waals surface area contributed by atoms with E-state index < -0.39 is 0 Å². The van der Waals surface area contributed by atoms with Crippen molar-refractivity contribution in [2.24, 2.45) is 0 Å². The number of halogens is 2. The zero-order valence-electron chi connectivity index (χ0n) is 12.9. The minimum Gasteiger partial charge on any atom is -0.340 e. The molecule has 0 unspecified atom stereocenters. The second-order valence-electron chi connectivity index (χ2n) is 5.42. The van der Waals surface area contributed by atoms with Gasteiger partial charge in [-0.15, -0.1) is 23.7 Å². The van der Waals surface area contributed by atoms with Gasteiger partial charge in [0.25, 0.3) is 0 Å². The molecule has 1 amide bonds. The van der Waals surface area contributed by atoms with Crippen molar-refractivity contribution < 1.29 is 4.79 Å². The number of carbonyl (C=O) groups is 1. The molecule has 1 aliphatic heterocycles. The van der Waals surface area contributed by atoms with E-state index in [0.717, 1.165) is 54.0 Å². The second-order valence-corrected chi connectivity index (χ2v) is 6.79. The number of carbonyl (C=O) groups excluding carboxylic acids is 1. The molecule has 0 spiro atoms. The van der Waals surface area contributed by atoms with Crippen LogP contribution in [0.5, 0.6) is 0 Å². The van der Waals surface area contributed by atoms with Crippen LogP contribution in [0.4, 0.5) is 0 Å². The summed E-state index contributed by atoms with van der Waals surface area (Å²) >= 11 is 7.60. The van der Waals surface area contributed by atoms with Crippen molar-refractivity contribution >= 4 is 41.3 Å². The third-order valence-electron chi connectivity index (χ3n) is 3.87. The van der Waals surface area contributed by atoms with Crippen LogP contribution in [0.3, 0.4) is 0 Å². The van der Waals surface area contributed by atoms with E-state index in [1.807, 2.05) is 29.2 Å². The monoisotopic (exact) mass is 371 g/mol. The SMILES string of the molecule is CC(=O)N1CCN(Cc2nc(-c3ccc(Cl)cc3)cs2)CC1.Cl. The normalized spacial score (nSPS) is 15.3. The molecular weight excluding hydrogens is 353 g/mol. The van der Waals surface area contributed by atoms with E-state index in [1.54, 1.807) is 18.3 Å². The van der Waals surface area contributed by atoms with Crippen LogP contribution in [-0.2, 0) is 11.3 Å². The van der Waals surface area contributed by atoms with Gasteiger partial charge in [-0.3, -0.25) is 9.69 Å². The Morgan fingerprint density at radius 1 is 1.22 bits per heavy atom. The van der Waals surface area contributed by atoms with Gasteiger partial charge in [0.15, 0.2) is 0 Å². The average molecular weight is 372 g/mol. The van der Waals surface area contributed by atoms with Gasteiger partial charge in [0.2, 0.25) is 5.91 Å². The Morgan fingerprint density at radius 2 is 1.87 bits per heavy atom. The lowest BCUT2D eigenvalue weighted by Crippen LogP contribution is -2.47. The minimum atomic E-state index is 0. The Morgan fingerprint density at radius 3 is 2.48 bits per heavy atom. The van der Waals surface area contributed by atoms with Crippen LogP contribution in [0.2, 0.25) is 5.02 Å². The standard InChI is InChI=1S/C16H18ClN3OS.ClH/c1-12(21)20-8-6-19(7-9-20)10-16-18-15(11-22-16)13-2-4-14(17)5-3-13;/h2-5,11H,6-10H2,1H3;1H. The van der Waals surface area contributed by atoms with E-state index in [-0.39, 0.29) is 18.3 Å². The quantitative estimate of drug-likeness (QED) is 0.827. The van der Waals surface area contributed by atoms with Crippen LogP contribution in [0.1, 0.15) is 11.9 Å². The molecule has 2 heterocycles. The lowest BCUT2D eigenvalue weighted by Gasteiger charge is -2.33. The number of amides is 1. The number of aromatic nitrogens is 1. The smallest absolute Gasteiger partial charge is 0.219 e. The molecule has 0 atom stereocenters. The van der Waals surface area contributed by atoms with Crippen molar-refractivity contribution in [2.75, 3.05) is 26.2 Å². The highest BCUT2D eigenvalue weighted by Crippen LogP contribution is 2.24. The fourth-order valence-electron chi connectivity index (χ4n) is 2.55. The summed E-state index contributed by atoms with van der Waals surface area (Å²) in [4.78, 5) is 20.3. The molecule has 0 saturated carbocycles. The molecule has 124 valence electrons. The van der Waals surface area contributed by atoms with Gasteiger partial charge in [0.05, 0.1) is 12.2 Å². The second kappa shape index (κ2) is 8.11. The van der Waals surface area contributed by atoms with Crippen LogP contribution >= 0.6 is 35.3 Å². The molecular formula is C16H19Cl2N3OS. The first-order valence-corrected chi connectivity index (χ1v) is 8.56. The molecule has 0 N–H and O–H groups in total. The summed E-state index contributed by atoms with van der Waals surface area (Å²) in [5.41, 5.74) is 2.09. The molecule has 1 aromatic carbocycles. The Kier molecular flexibility index (Phi) is 6.41. The summed E-state index contributed by atoms with van der Waals surface area (Å²) < 4.78 is 0. The molecule has 1 aliphatic rings. The van der Waals surface area contributed by atoms with Gasteiger partial charge in [-0.2, -0.15) is 0 Å². The lowest BCUT2D eigenvalue weighted by molar-refractivity contribution is -0.130. The predicted molar refractivity (Wildman–Crippen MR) is 97.3 cm³/mol. The van der Waals surface area contributed by atoms with E-state index in [0.29, 0.717) is 0 Å². The molecule has 0 bridgehead atoms. The number of piperazine rings is 1. The van der Waals surface area contributed by atoms with Gasteiger partial charge >= 0.3 is 0 Å². The van der Waals surface area contributed by atoms with Crippen molar-refractivity contribution in [1.29, 1.82) is 0 Å². The van der Waals surface area contributed by atoms with Crippen molar-refractivity contribution in [3.05, 3.63) is 39.7 Å². The predicted octanol–water partition coefficient (Wildman–Crippen LogP) is 3.55. The summed E-state index contributed by atoms with van der Waals surface area (Å²) in [5.74, 6) is 0.166. The number of rotatable bonds is 3. The first-order valence-electron chi connectivity index (χ1n) is 7.30. The van der Waals surface area contributed by atoms with Gasteiger partial charge in [-0.05, 0) is 12.1 Å². The highest BCUT2D eigenvalue weighted by molar-refractivity contribution is 7.09. The summed E-state index contributed by atoms with van der Waals surface area (Å²) in [5, 5.41) is 3.94.